The van der Waals surface area contributed by atoms with Crippen LogP contribution < -0.4 is 18.9 Å². The van der Waals surface area contributed by atoms with Crippen LogP contribution in [0.1, 0.15) is 10.4 Å². The predicted molar refractivity (Wildman–Crippen MR) is 114 cm³/mol. The van der Waals surface area contributed by atoms with Crippen LogP contribution in [-0.4, -0.2) is 30.1 Å². The van der Waals surface area contributed by atoms with Gasteiger partial charge < -0.3 is 18.9 Å². The Bertz CT molecular complexity index is 1340. The lowest BCUT2D eigenvalue weighted by Gasteiger charge is -2.13. The number of rotatable bonds is 7. The molecule has 0 radical (unpaired) electrons. The van der Waals surface area contributed by atoms with Gasteiger partial charge in [-0.1, -0.05) is 18.2 Å². The fraction of sp³-hybridized carbons (Fsp3) is 0.182. The van der Waals surface area contributed by atoms with Crippen LogP contribution in [0.2, 0.25) is 0 Å². The number of hydrogen-bond donors (Lipinski definition) is 0. The maximum atomic E-state index is 12.7. The second-order valence-electron chi connectivity index (χ2n) is 6.64. The van der Waals surface area contributed by atoms with Crippen molar-refractivity contribution in [2.45, 2.75) is 13.0 Å². The molecule has 0 aliphatic rings. The molecule has 11 heteroatoms. The average molecular weight is 475 g/mol. The molecule has 33 heavy (non-hydrogen) atoms. The van der Waals surface area contributed by atoms with Gasteiger partial charge in [-0.25, -0.2) is 4.98 Å². The molecule has 0 bridgehead atoms. The summed E-state index contributed by atoms with van der Waals surface area (Å²) in [5, 5.41) is 10.2. The Labute approximate surface area is 190 Å². The van der Waals surface area contributed by atoms with E-state index >= 15 is 0 Å². The van der Waals surface area contributed by atoms with E-state index in [0.29, 0.717) is 27.5 Å². The molecule has 0 saturated carbocycles. The number of nitrogens with zero attached hydrogens (tertiary/aromatic N) is 3. The van der Waals surface area contributed by atoms with Gasteiger partial charge in [-0.2, -0.15) is 5.26 Å². The van der Waals surface area contributed by atoms with Crippen molar-refractivity contribution in [3.8, 4) is 34.1 Å². The first kappa shape index (κ1) is 22.3. The molecular formula is C22H16F3N3O4S. The lowest BCUT2D eigenvalue weighted by Crippen LogP contribution is -2.18. The molecule has 0 spiro atoms. The summed E-state index contributed by atoms with van der Waals surface area (Å²) in [4.78, 5) is 4.64. The highest BCUT2D eigenvalue weighted by Gasteiger charge is 2.32. The Morgan fingerprint density at radius 2 is 1.76 bits per heavy atom. The topological polar surface area (TPSA) is 78.5 Å². The van der Waals surface area contributed by atoms with Crippen molar-refractivity contribution in [2.75, 3.05) is 14.2 Å². The molecule has 2 aromatic heterocycles. The van der Waals surface area contributed by atoms with Crippen molar-refractivity contribution >= 4 is 22.4 Å². The second-order valence-corrected chi connectivity index (χ2v) is 7.68. The van der Waals surface area contributed by atoms with E-state index < -0.39 is 6.36 Å². The number of ether oxygens (including phenoxy) is 4. The van der Waals surface area contributed by atoms with Gasteiger partial charge in [0.2, 0.25) is 0 Å². The maximum Gasteiger partial charge on any atom is 0.573 e. The SMILES string of the molecule is COc1cc2ncn(-c3cc(OCc4ccccc4OC(F)(F)F)c(C#N)s3)c2cc1OC. The van der Waals surface area contributed by atoms with Gasteiger partial charge >= 0.3 is 6.36 Å². The molecule has 0 aliphatic heterocycles. The second kappa shape index (κ2) is 8.91. The zero-order valence-electron chi connectivity index (χ0n) is 17.3. The molecule has 0 N–H and O–H groups in total. The number of halogens is 3. The number of para-hydroxylation sites is 1. The molecule has 0 unspecified atom stereocenters. The normalized spacial score (nSPS) is 11.3. The Balaban J connectivity index is 1.64. The Kier molecular flexibility index (Phi) is 6.02. The first-order chi connectivity index (χ1) is 15.8. The van der Waals surface area contributed by atoms with E-state index in [-0.39, 0.29) is 28.5 Å². The Morgan fingerprint density at radius 3 is 2.45 bits per heavy atom. The third-order valence-electron chi connectivity index (χ3n) is 4.66. The molecule has 0 fully saturated rings. The molecule has 0 aliphatic carbocycles. The van der Waals surface area contributed by atoms with E-state index in [2.05, 4.69) is 15.8 Å². The predicted octanol–water partition coefficient (Wildman–Crippen LogP) is 5.45. The standard InChI is InChI=1S/C22H16F3N3O4S/c1-29-17-7-14-15(8-18(17)30-2)28(12-27-14)21-9-19(20(10-26)33-21)31-11-13-5-3-4-6-16(13)32-22(23,24)25/h3-9,12H,11H2,1-2H3. The van der Waals surface area contributed by atoms with Crippen LogP contribution in [0, 0.1) is 11.3 Å². The van der Waals surface area contributed by atoms with Gasteiger partial charge in [-0.3, -0.25) is 4.57 Å². The quantitative estimate of drug-likeness (QED) is 0.354. The number of aromatic nitrogens is 2. The monoisotopic (exact) mass is 475 g/mol. The first-order valence-electron chi connectivity index (χ1n) is 9.42. The fourth-order valence-electron chi connectivity index (χ4n) is 3.18. The van der Waals surface area contributed by atoms with Crippen LogP contribution in [0.3, 0.4) is 0 Å². The summed E-state index contributed by atoms with van der Waals surface area (Å²) in [6.07, 6.45) is -3.23. The number of fused-ring (bicyclic) bond motifs is 1. The van der Waals surface area contributed by atoms with Gasteiger partial charge in [-0.15, -0.1) is 24.5 Å². The third kappa shape index (κ3) is 4.65. The van der Waals surface area contributed by atoms with Gasteiger partial charge in [0.15, 0.2) is 17.2 Å². The average Bonchev–Trinajstić information content (AvgIpc) is 3.39. The van der Waals surface area contributed by atoms with Gasteiger partial charge in [0.1, 0.15) is 34.6 Å². The zero-order chi connectivity index (χ0) is 23.6. The molecule has 0 saturated heterocycles. The van der Waals surface area contributed by atoms with Gasteiger partial charge in [0.05, 0.1) is 25.3 Å². The first-order valence-corrected chi connectivity index (χ1v) is 10.2. The van der Waals surface area contributed by atoms with Crippen LogP contribution >= 0.6 is 11.3 Å². The van der Waals surface area contributed by atoms with Crippen molar-refractivity contribution in [1.29, 1.82) is 5.26 Å². The summed E-state index contributed by atoms with van der Waals surface area (Å²) < 4.78 is 60.2. The molecule has 2 aromatic carbocycles. The molecule has 4 rings (SSSR count). The molecule has 170 valence electrons. The Morgan fingerprint density at radius 1 is 1.03 bits per heavy atom. The number of nitriles is 1. The number of methoxy groups -OCH3 is 2. The number of thiophene rings is 1. The van der Waals surface area contributed by atoms with E-state index in [1.54, 1.807) is 35.2 Å². The van der Waals surface area contributed by atoms with Crippen LogP contribution in [0.4, 0.5) is 13.2 Å². The minimum Gasteiger partial charge on any atom is -0.493 e. The molecule has 0 amide bonds. The molecule has 2 heterocycles. The zero-order valence-corrected chi connectivity index (χ0v) is 18.2. The minimum atomic E-state index is -4.82. The summed E-state index contributed by atoms with van der Waals surface area (Å²) in [5.74, 6) is 0.923. The number of hydrogen-bond acceptors (Lipinski definition) is 7. The van der Waals surface area contributed by atoms with Gasteiger partial charge in [0, 0.05) is 23.8 Å². The summed E-state index contributed by atoms with van der Waals surface area (Å²) in [7, 11) is 3.05. The third-order valence-corrected chi connectivity index (χ3v) is 5.68. The van der Waals surface area contributed by atoms with Gasteiger partial charge in [0.25, 0.3) is 0 Å². The number of alkyl halides is 3. The summed E-state index contributed by atoms with van der Waals surface area (Å²) >= 11 is 1.16. The van der Waals surface area contributed by atoms with Crippen molar-refractivity contribution in [1.82, 2.24) is 9.55 Å². The van der Waals surface area contributed by atoms with E-state index in [4.69, 9.17) is 14.2 Å². The number of benzene rings is 2. The smallest absolute Gasteiger partial charge is 0.493 e. The van der Waals surface area contributed by atoms with Crippen LogP contribution in [0.5, 0.6) is 23.0 Å². The molecule has 4 aromatic rings. The largest absolute Gasteiger partial charge is 0.573 e. The molecule has 0 atom stereocenters. The van der Waals surface area contributed by atoms with Crippen molar-refractivity contribution in [3.05, 3.63) is 59.2 Å². The van der Waals surface area contributed by atoms with E-state index in [1.807, 2.05) is 0 Å². The van der Waals surface area contributed by atoms with E-state index in [9.17, 15) is 18.4 Å². The highest BCUT2D eigenvalue weighted by molar-refractivity contribution is 7.15. The van der Waals surface area contributed by atoms with E-state index in [1.165, 1.54) is 32.4 Å². The minimum absolute atomic E-state index is 0.191. The Hall–Kier alpha value is -3.91. The van der Waals surface area contributed by atoms with Gasteiger partial charge in [-0.05, 0) is 6.07 Å². The summed E-state index contributed by atoms with van der Waals surface area (Å²) in [5.41, 5.74) is 1.56. The highest BCUT2D eigenvalue weighted by atomic mass is 32.1. The molecule has 7 nitrogen and oxygen atoms in total. The van der Waals surface area contributed by atoms with Crippen LogP contribution in [0.15, 0.2) is 48.8 Å². The number of imidazole rings is 1. The molecular weight excluding hydrogens is 459 g/mol. The maximum absolute atomic E-state index is 12.7. The van der Waals surface area contributed by atoms with Crippen molar-refractivity contribution in [2.24, 2.45) is 0 Å². The summed E-state index contributed by atoms with van der Waals surface area (Å²) in [6, 6.07) is 12.9. The lowest BCUT2D eigenvalue weighted by atomic mass is 10.2. The highest BCUT2D eigenvalue weighted by Crippen LogP contribution is 2.37. The lowest BCUT2D eigenvalue weighted by molar-refractivity contribution is -0.275. The fourth-order valence-corrected chi connectivity index (χ4v) is 4.06. The van der Waals surface area contributed by atoms with Crippen molar-refractivity contribution < 1.29 is 32.1 Å². The van der Waals surface area contributed by atoms with E-state index in [0.717, 1.165) is 11.3 Å². The van der Waals surface area contributed by atoms with Crippen LogP contribution in [0.25, 0.3) is 16.0 Å². The summed E-state index contributed by atoms with van der Waals surface area (Å²) in [6.45, 7) is -0.215. The van der Waals surface area contributed by atoms with Crippen molar-refractivity contribution in [3.63, 3.8) is 0 Å². The van der Waals surface area contributed by atoms with Crippen LogP contribution in [-0.2, 0) is 6.61 Å².